The summed E-state index contributed by atoms with van der Waals surface area (Å²) in [6.45, 7) is 1.07. The second-order valence-electron chi connectivity index (χ2n) is 7.05. The Morgan fingerprint density at radius 1 is 1.20 bits per heavy atom. The van der Waals surface area contributed by atoms with Crippen molar-refractivity contribution in [2.45, 2.75) is 28.7 Å². The summed E-state index contributed by atoms with van der Waals surface area (Å²) in [4.78, 5) is 26.6. The SMILES string of the molecule is O=C(NCC1CCCO1)c1ccc2c(O)c(S(=O)(=O)c3ccccc3)c(=O)[nH]c2c1. The number of nitrogens with one attached hydrogen (secondary N) is 2. The first-order valence-corrected chi connectivity index (χ1v) is 10.9. The Labute approximate surface area is 172 Å². The van der Waals surface area contributed by atoms with Gasteiger partial charge >= 0.3 is 0 Å². The number of hydrogen-bond donors (Lipinski definition) is 3. The summed E-state index contributed by atoms with van der Waals surface area (Å²) in [5, 5.41) is 13.5. The van der Waals surface area contributed by atoms with Gasteiger partial charge in [0.25, 0.3) is 11.5 Å². The van der Waals surface area contributed by atoms with Gasteiger partial charge in [-0.2, -0.15) is 0 Å². The normalized spacial score (nSPS) is 16.6. The first-order chi connectivity index (χ1) is 14.4. The van der Waals surface area contributed by atoms with Gasteiger partial charge in [-0.05, 0) is 43.2 Å². The molecule has 0 aliphatic carbocycles. The van der Waals surface area contributed by atoms with Crippen LogP contribution in [-0.4, -0.2) is 43.7 Å². The van der Waals surface area contributed by atoms with Crippen molar-refractivity contribution in [1.82, 2.24) is 10.3 Å². The molecule has 1 aliphatic rings. The molecule has 1 amide bonds. The molecule has 156 valence electrons. The number of aromatic hydroxyl groups is 1. The predicted molar refractivity (Wildman–Crippen MR) is 109 cm³/mol. The lowest BCUT2D eigenvalue weighted by atomic mass is 10.1. The van der Waals surface area contributed by atoms with E-state index in [0.717, 1.165) is 12.8 Å². The van der Waals surface area contributed by atoms with Crippen molar-refractivity contribution in [3.8, 4) is 5.75 Å². The van der Waals surface area contributed by atoms with Crippen molar-refractivity contribution >= 4 is 26.6 Å². The van der Waals surface area contributed by atoms with E-state index in [-0.39, 0.29) is 33.4 Å². The first-order valence-electron chi connectivity index (χ1n) is 9.47. The average Bonchev–Trinajstić information content (AvgIpc) is 3.25. The van der Waals surface area contributed by atoms with Gasteiger partial charge in [0.2, 0.25) is 9.84 Å². The third-order valence-corrected chi connectivity index (χ3v) is 6.85. The Morgan fingerprint density at radius 2 is 1.97 bits per heavy atom. The van der Waals surface area contributed by atoms with Crippen LogP contribution in [0.2, 0.25) is 0 Å². The van der Waals surface area contributed by atoms with Gasteiger partial charge in [-0.3, -0.25) is 9.59 Å². The average molecular weight is 428 g/mol. The minimum absolute atomic E-state index is 0.0102. The summed E-state index contributed by atoms with van der Waals surface area (Å²) in [5.74, 6) is -1.00. The minimum Gasteiger partial charge on any atom is -0.506 e. The molecule has 1 aliphatic heterocycles. The van der Waals surface area contributed by atoms with E-state index < -0.39 is 26.0 Å². The van der Waals surface area contributed by atoms with E-state index in [9.17, 15) is 23.1 Å². The van der Waals surface area contributed by atoms with E-state index in [1.54, 1.807) is 6.07 Å². The van der Waals surface area contributed by atoms with Gasteiger partial charge < -0.3 is 20.1 Å². The number of pyridine rings is 1. The third kappa shape index (κ3) is 3.69. The highest BCUT2D eigenvalue weighted by Crippen LogP contribution is 2.31. The molecule has 8 nitrogen and oxygen atoms in total. The second-order valence-corrected chi connectivity index (χ2v) is 8.94. The summed E-state index contributed by atoms with van der Waals surface area (Å²) < 4.78 is 31.2. The molecule has 3 N–H and O–H groups in total. The number of carbonyl (C=O) groups is 1. The number of ether oxygens (including phenoxy) is 1. The number of H-pyrrole nitrogens is 1. The summed E-state index contributed by atoms with van der Waals surface area (Å²) >= 11 is 0. The van der Waals surface area contributed by atoms with Crippen LogP contribution in [0.15, 0.2) is 63.1 Å². The molecule has 0 spiro atoms. The molecule has 1 atom stereocenters. The molecule has 0 bridgehead atoms. The molecule has 1 unspecified atom stereocenters. The molecule has 9 heteroatoms. The van der Waals surface area contributed by atoms with Crippen molar-refractivity contribution < 1.29 is 23.1 Å². The molecule has 1 aromatic heterocycles. The van der Waals surface area contributed by atoms with Gasteiger partial charge in [0.05, 0.1) is 16.5 Å². The van der Waals surface area contributed by atoms with Crippen LogP contribution < -0.4 is 10.9 Å². The molecule has 0 radical (unpaired) electrons. The van der Waals surface area contributed by atoms with Crippen LogP contribution in [0, 0.1) is 0 Å². The molecule has 2 aromatic carbocycles. The van der Waals surface area contributed by atoms with Gasteiger partial charge in [-0.25, -0.2) is 8.42 Å². The van der Waals surface area contributed by atoms with E-state index >= 15 is 0 Å². The molecule has 4 rings (SSSR count). The Hall–Kier alpha value is -3.17. The van der Waals surface area contributed by atoms with Crippen LogP contribution in [-0.2, 0) is 14.6 Å². The fraction of sp³-hybridized carbons (Fsp3) is 0.238. The van der Waals surface area contributed by atoms with Crippen LogP contribution in [0.3, 0.4) is 0 Å². The van der Waals surface area contributed by atoms with Gasteiger partial charge in [-0.15, -0.1) is 0 Å². The van der Waals surface area contributed by atoms with E-state index in [1.165, 1.54) is 42.5 Å². The van der Waals surface area contributed by atoms with Gasteiger partial charge in [0.15, 0.2) is 4.90 Å². The van der Waals surface area contributed by atoms with E-state index in [4.69, 9.17) is 4.74 Å². The lowest BCUT2D eigenvalue weighted by Crippen LogP contribution is -2.31. The molecule has 30 heavy (non-hydrogen) atoms. The minimum atomic E-state index is -4.22. The van der Waals surface area contributed by atoms with Crippen molar-refractivity contribution in [3.63, 3.8) is 0 Å². The molecular formula is C21H20N2O6S. The summed E-state index contributed by atoms with van der Waals surface area (Å²) in [5.41, 5.74) is -0.524. The lowest BCUT2D eigenvalue weighted by molar-refractivity contribution is 0.0858. The zero-order chi connectivity index (χ0) is 21.3. The Bertz CT molecular complexity index is 1260. The number of carbonyl (C=O) groups excluding carboxylic acids is 1. The number of fused-ring (bicyclic) bond motifs is 1. The fourth-order valence-corrected chi connectivity index (χ4v) is 4.90. The number of hydrogen-bond acceptors (Lipinski definition) is 6. The topological polar surface area (TPSA) is 126 Å². The van der Waals surface area contributed by atoms with Crippen LogP contribution in [0.4, 0.5) is 0 Å². The number of sulfone groups is 1. The number of aromatic amines is 1. The maximum absolute atomic E-state index is 12.8. The zero-order valence-corrected chi connectivity index (χ0v) is 16.7. The van der Waals surface area contributed by atoms with Crippen LogP contribution >= 0.6 is 0 Å². The van der Waals surface area contributed by atoms with Crippen LogP contribution in [0.5, 0.6) is 5.75 Å². The lowest BCUT2D eigenvalue weighted by Gasteiger charge is -2.12. The molecule has 1 fully saturated rings. The van der Waals surface area contributed by atoms with Crippen LogP contribution in [0.1, 0.15) is 23.2 Å². The highest BCUT2D eigenvalue weighted by atomic mass is 32.2. The summed E-state index contributed by atoms with van der Waals surface area (Å²) in [6, 6.07) is 11.7. The van der Waals surface area contributed by atoms with Crippen molar-refractivity contribution in [2.75, 3.05) is 13.2 Å². The van der Waals surface area contributed by atoms with Gasteiger partial charge in [-0.1, -0.05) is 18.2 Å². The molecule has 2 heterocycles. The fourth-order valence-electron chi connectivity index (χ4n) is 3.49. The Kier molecular flexibility index (Phi) is 5.31. The third-order valence-electron chi connectivity index (χ3n) is 5.04. The predicted octanol–water partition coefficient (Wildman–Crippen LogP) is 1.98. The first kappa shape index (κ1) is 20.1. The number of benzene rings is 2. The maximum Gasteiger partial charge on any atom is 0.271 e. The van der Waals surface area contributed by atoms with Crippen molar-refractivity contribution in [2.24, 2.45) is 0 Å². The van der Waals surface area contributed by atoms with Gasteiger partial charge in [0.1, 0.15) is 5.75 Å². The summed E-state index contributed by atoms with van der Waals surface area (Å²) in [6.07, 6.45) is 1.84. The quantitative estimate of drug-likeness (QED) is 0.571. The highest BCUT2D eigenvalue weighted by Gasteiger charge is 2.27. The number of rotatable bonds is 5. The van der Waals surface area contributed by atoms with Crippen molar-refractivity contribution in [1.29, 1.82) is 0 Å². The standard InChI is InChI=1S/C21H20N2O6S/c24-18-16-9-8-13(20(25)22-12-14-5-4-10-29-14)11-17(16)23-21(26)19(18)30(27,28)15-6-2-1-3-7-15/h1-3,6-9,11,14H,4-5,10,12H2,(H,22,25)(H2,23,24,26). The van der Waals surface area contributed by atoms with E-state index in [1.807, 2.05) is 0 Å². The molecule has 0 saturated carbocycles. The summed E-state index contributed by atoms with van der Waals surface area (Å²) in [7, 11) is -4.22. The number of amides is 1. The maximum atomic E-state index is 12.8. The van der Waals surface area contributed by atoms with Gasteiger partial charge in [0, 0.05) is 24.1 Å². The zero-order valence-electron chi connectivity index (χ0n) is 15.9. The number of aromatic nitrogens is 1. The van der Waals surface area contributed by atoms with Crippen LogP contribution in [0.25, 0.3) is 10.9 Å². The van der Waals surface area contributed by atoms with E-state index in [0.29, 0.717) is 13.2 Å². The Morgan fingerprint density at radius 3 is 2.67 bits per heavy atom. The Balaban J connectivity index is 1.69. The van der Waals surface area contributed by atoms with Crippen molar-refractivity contribution in [3.05, 3.63) is 64.4 Å². The molecule has 3 aromatic rings. The molecule has 1 saturated heterocycles. The highest BCUT2D eigenvalue weighted by molar-refractivity contribution is 7.91. The molecular weight excluding hydrogens is 408 g/mol. The van der Waals surface area contributed by atoms with E-state index in [2.05, 4.69) is 10.3 Å². The largest absolute Gasteiger partial charge is 0.506 e. The smallest absolute Gasteiger partial charge is 0.271 e. The monoisotopic (exact) mass is 428 g/mol. The second kappa shape index (κ2) is 7.92.